The van der Waals surface area contributed by atoms with Crippen molar-refractivity contribution in [2.75, 3.05) is 5.73 Å². The minimum atomic E-state index is -5.99. The molecule has 0 radical (unpaired) electrons. The summed E-state index contributed by atoms with van der Waals surface area (Å²) < 4.78 is 81.7. The highest BCUT2D eigenvalue weighted by Gasteiger charge is 2.63. The third-order valence-electron chi connectivity index (χ3n) is 2.94. The summed E-state index contributed by atoms with van der Waals surface area (Å²) in [5.41, 5.74) is 5.06. The zero-order valence-corrected chi connectivity index (χ0v) is 11.4. The van der Waals surface area contributed by atoms with Gasteiger partial charge in [0.15, 0.2) is 6.17 Å². The largest absolute Gasteiger partial charge is 0.457 e. The molecule has 2 aromatic carbocycles. The van der Waals surface area contributed by atoms with Gasteiger partial charge in [-0.2, -0.15) is 22.0 Å². The molecule has 1 atom stereocenters. The van der Waals surface area contributed by atoms with Crippen LogP contribution >= 0.6 is 0 Å². The highest BCUT2D eigenvalue weighted by Crippen LogP contribution is 2.47. The van der Waals surface area contributed by atoms with Gasteiger partial charge in [0.2, 0.25) is 0 Å². The second kappa shape index (κ2) is 6.02. The molecule has 0 spiro atoms. The minimum Gasteiger partial charge on any atom is -0.457 e. The zero-order chi connectivity index (χ0) is 17.3. The van der Waals surface area contributed by atoms with E-state index in [-0.39, 0.29) is 11.5 Å². The molecule has 0 heterocycles. The molecular formula is C15H11F6NO. The van der Waals surface area contributed by atoms with Crippen LogP contribution in [0.15, 0.2) is 48.5 Å². The van der Waals surface area contributed by atoms with Gasteiger partial charge in [0.25, 0.3) is 0 Å². The normalized spacial score (nSPS) is 13.7. The lowest BCUT2D eigenvalue weighted by molar-refractivity contribution is -0.305. The first-order valence-corrected chi connectivity index (χ1v) is 6.33. The Kier molecular flexibility index (Phi) is 4.44. The van der Waals surface area contributed by atoms with Crippen molar-refractivity contribution < 1.29 is 31.1 Å². The number of rotatable bonds is 4. The van der Waals surface area contributed by atoms with E-state index in [1.165, 1.54) is 18.2 Å². The van der Waals surface area contributed by atoms with E-state index in [0.29, 0.717) is 5.69 Å². The van der Waals surface area contributed by atoms with Crippen LogP contribution in [0.2, 0.25) is 0 Å². The van der Waals surface area contributed by atoms with Crippen molar-refractivity contribution in [2.45, 2.75) is 18.3 Å². The fourth-order valence-electron chi connectivity index (χ4n) is 1.80. The molecule has 0 saturated carbocycles. The molecule has 0 amide bonds. The average Bonchev–Trinajstić information content (AvgIpc) is 2.45. The van der Waals surface area contributed by atoms with E-state index in [4.69, 9.17) is 10.5 Å². The first-order chi connectivity index (χ1) is 10.6. The van der Waals surface area contributed by atoms with Crippen molar-refractivity contribution in [1.82, 2.24) is 0 Å². The Hall–Kier alpha value is -2.38. The molecule has 2 N–H and O–H groups in total. The first-order valence-electron chi connectivity index (χ1n) is 6.33. The van der Waals surface area contributed by atoms with E-state index in [2.05, 4.69) is 0 Å². The summed E-state index contributed by atoms with van der Waals surface area (Å²) in [7, 11) is 0. The fraction of sp³-hybridized carbons (Fsp3) is 0.200. The predicted molar refractivity (Wildman–Crippen MR) is 72.2 cm³/mol. The summed E-state index contributed by atoms with van der Waals surface area (Å²) >= 11 is 0. The number of nitrogen functional groups attached to an aromatic ring is 1. The predicted octanol–water partition coefficient (Wildman–Crippen LogP) is 5.27. The van der Waals surface area contributed by atoms with E-state index in [1.807, 2.05) is 0 Å². The van der Waals surface area contributed by atoms with E-state index in [9.17, 15) is 26.3 Å². The van der Waals surface area contributed by atoms with E-state index in [1.54, 1.807) is 12.1 Å². The summed E-state index contributed by atoms with van der Waals surface area (Å²) in [6.45, 7) is 0. The maximum Gasteiger partial charge on any atom is 0.456 e. The number of benzene rings is 2. The molecule has 2 rings (SSSR count). The molecule has 1 unspecified atom stereocenters. The molecule has 0 aromatic heterocycles. The summed E-state index contributed by atoms with van der Waals surface area (Å²) in [6, 6.07) is 10.1. The van der Waals surface area contributed by atoms with Crippen molar-refractivity contribution in [3.05, 3.63) is 54.1 Å². The van der Waals surface area contributed by atoms with Gasteiger partial charge in [0.05, 0.1) is 0 Å². The third-order valence-corrected chi connectivity index (χ3v) is 2.94. The maximum absolute atomic E-state index is 13.6. The van der Waals surface area contributed by atoms with Gasteiger partial charge in [-0.15, -0.1) is 0 Å². The van der Waals surface area contributed by atoms with Crippen molar-refractivity contribution >= 4 is 5.69 Å². The number of anilines is 1. The fourth-order valence-corrected chi connectivity index (χ4v) is 1.80. The summed E-state index contributed by atoms with van der Waals surface area (Å²) in [5, 5.41) is 0. The van der Waals surface area contributed by atoms with Gasteiger partial charge in [-0.25, -0.2) is 4.39 Å². The smallest absolute Gasteiger partial charge is 0.456 e. The monoisotopic (exact) mass is 335 g/mol. The molecule has 124 valence electrons. The van der Waals surface area contributed by atoms with Crippen LogP contribution in [0.5, 0.6) is 11.5 Å². The van der Waals surface area contributed by atoms with Crippen LogP contribution in [0.4, 0.5) is 32.0 Å². The maximum atomic E-state index is 13.6. The lowest BCUT2D eigenvalue weighted by Crippen LogP contribution is -2.40. The highest BCUT2D eigenvalue weighted by molar-refractivity contribution is 5.45. The quantitative estimate of drug-likeness (QED) is 0.610. The number of halogens is 6. The Labute approximate surface area is 127 Å². The molecule has 8 heteroatoms. The number of hydrogen-bond acceptors (Lipinski definition) is 2. The van der Waals surface area contributed by atoms with Crippen LogP contribution in [-0.2, 0) is 0 Å². The number of hydrogen-bond donors (Lipinski definition) is 1. The van der Waals surface area contributed by atoms with Crippen LogP contribution in [0, 0.1) is 0 Å². The topological polar surface area (TPSA) is 35.2 Å². The van der Waals surface area contributed by atoms with Crippen molar-refractivity contribution in [3.63, 3.8) is 0 Å². The molecule has 0 bridgehead atoms. The van der Waals surface area contributed by atoms with Crippen molar-refractivity contribution in [3.8, 4) is 11.5 Å². The van der Waals surface area contributed by atoms with Crippen molar-refractivity contribution in [1.29, 1.82) is 0 Å². The van der Waals surface area contributed by atoms with Crippen LogP contribution < -0.4 is 10.5 Å². The van der Waals surface area contributed by atoms with Gasteiger partial charge in [0, 0.05) is 11.8 Å². The molecule has 2 aromatic rings. The van der Waals surface area contributed by atoms with E-state index in [0.717, 1.165) is 18.2 Å². The average molecular weight is 335 g/mol. The van der Waals surface area contributed by atoms with Gasteiger partial charge in [-0.3, -0.25) is 0 Å². The second-order valence-corrected chi connectivity index (χ2v) is 4.73. The van der Waals surface area contributed by atoms with E-state index >= 15 is 0 Å². The molecule has 2 nitrogen and oxygen atoms in total. The molecule has 0 fully saturated rings. The number of ether oxygens (including phenoxy) is 1. The zero-order valence-electron chi connectivity index (χ0n) is 11.4. The Bertz CT molecular complexity index is 686. The Morgan fingerprint density at radius 1 is 0.870 bits per heavy atom. The Morgan fingerprint density at radius 2 is 1.43 bits per heavy atom. The second-order valence-electron chi connectivity index (χ2n) is 4.73. The number of nitrogens with two attached hydrogens (primary N) is 1. The lowest BCUT2D eigenvalue weighted by atomic mass is 10.0. The SMILES string of the molecule is Nc1cccc(Oc2cccc(C(F)C(F)(F)C(F)(F)F)c2)c1. The Morgan fingerprint density at radius 3 is 2.00 bits per heavy atom. The molecule has 0 aliphatic carbocycles. The first kappa shape index (κ1) is 17.0. The van der Waals surface area contributed by atoms with Crippen LogP contribution in [-0.4, -0.2) is 12.1 Å². The van der Waals surface area contributed by atoms with Crippen LogP contribution in [0.1, 0.15) is 11.7 Å². The molecule has 0 aliphatic rings. The number of alkyl halides is 6. The molecule has 0 aliphatic heterocycles. The van der Waals surface area contributed by atoms with Crippen LogP contribution in [0.3, 0.4) is 0 Å². The molecule has 0 saturated heterocycles. The third kappa shape index (κ3) is 3.69. The molecule has 23 heavy (non-hydrogen) atoms. The highest BCUT2D eigenvalue weighted by atomic mass is 19.4. The molecular weight excluding hydrogens is 324 g/mol. The van der Waals surface area contributed by atoms with E-state index < -0.39 is 23.8 Å². The Balaban J connectivity index is 2.26. The summed E-state index contributed by atoms with van der Waals surface area (Å²) in [4.78, 5) is 0. The summed E-state index contributed by atoms with van der Waals surface area (Å²) in [6.07, 6.45) is -9.52. The van der Waals surface area contributed by atoms with Crippen molar-refractivity contribution in [2.24, 2.45) is 0 Å². The van der Waals surface area contributed by atoms with Gasteiger partial charge in [0.1, 0.15) is 11.5 Å². The van der Waals surface area contributed by atoms with Gasteiger partial charge in [-0.05, 0) is 29.8 Å². The van der Waals surface area contributed by atoms with Gasteiger partial charge < -0.3 is 10.5 Å². The minimum absolute atomic E-state index is 0.0891. The standard InChI is InChI=1S/C15H11F6NO/c16-13(14(17,18)15(19,20)21)9-3-1-5-11(7-9)23-12-6-2-4-10(22)8-12/h1-8,13H,22H2. The van der Waals surface area contributed by atoms with Gasteiger partial charge in [-0.1, -0.05) is 18.2 Å². The van der Waals surface area contributed by atoms with Crippen LogP contribution in [0.25, 0.3) is 0 Å². The van der Waals surface area contributed by atoms with Gasteiger partial charge >= 0.3 is 12.1 Å². The lowest BCUT2D eigenvalue weighted by Gasteiger charge is -2.23. The summed E-state index contributed by atoms with van der Waals surface area (Å²) in [5.74, 6) is -5.35.